The number of hydrogen-bond donors (Lipinski definition) is 3. The van der Waals surface area contributed by atoms with Crippen LogP contribution in [0.3, 0.4) is 0 Å². The van der Waals surface area contributed by atoms with Crippen LogP contribution in [0.15, 0.2) is 48.5 Å². The van der Waals surface area contributed by atoms with Gasteiger partial charge in [-0.15, -0.1) is 0 Å². The summed E-state index contributed by atoms with van der Waals surface area (Å²) in [6.07, 6.45) is -12.0. The van der Waals surface area contributed by atoms with E-state index in [4.69, 9.17) is 0 Å². The molecule has 0 aliphatic rings. The van der Waals surface area contributed by atoms with Crippen LogP contribution in [0.4, 0.5) is 32.0 Å². The average molecular weight is 421 g/mol. The summed E-state index contributed by atoms with van der Waals surface area (Å²) in [5.41, 5.74) is -7.06. The molecule has 4 nitrogen and oxygen atoms in total. The molecule has 158 valence electrons. The maximum absolute atomic E-state index is 13.0. The summed E-state index contributed by atoms with van der Waals surface area (Å²) in [7, 11) is 0. The van der Waals surface area contributed by atoms with Crippen LogP contribution in [0.1, 0.15) is 23.6 Å². The van der Waals surface area contributed by atoms with Gasteiger partial charge in [-0.25, -0.2) is 4.79 Å². The molecule has 0 aliphatic carbocycles. The molecule has 2 aromatic rings. The van der Waals surface area contributed by atoms with Crippen molar-refractivity contribution >= 4 is 11.7 Å². The molecule has 1 unspecified atom stereocenters. The molecule has 0 spiro atoms. The van der Waals surface area contributed by atoms with Gasteiger partial charge in [0.1, 0.15) is 0 Å². The second kappa shape index (κ2) is 7.25. The summed E-state index contributed by atoms with van der Waals surface area (Å²) in [5.74, 6) is -1.31. The van der Waals surface area contributed by atoms with Gasteiger partial charge in [-0.1, -0.05) is 42.0 Å². The first-order valence-electron chi connectivity index (χ1n) is 8.18. The van der Waals surface area contributed by atoms with Crippen molar-refractivity contribution < 1.29 is 41.4 Å². The van der Waals surface area contributed by atoms with Gasteiger partial charge >= 0.3 is 18.3 Å². The van der Waals surface area contributed by atoms with Gasteiger partial charge in [0.15, 0.2) is 5.54 Å². The van der Waals surface area contributed by atoms with E-state index in [2.05, 4.69) is 5.32 Å². The van der Waals surface area contributed by atoms with E-state index >= 15 is 0 Å². The minimum atomic E-state index is -6.00. The molecule has 0 heterocycles. The first-order chi connectivity index (χ1) is 13.1. The number of hydrogen-bond acceptors (Lipinski definition) is 3. The zero-order valence-corrected chi connectivity index (χ0v) is 15.2. The molecular weight excluding hydrogens is 404 g/mol. The quantitative estimate of drug-likeness (QED) is 0.612. The van der Waals surface area contributed by atoms with Crippen LogP contribution in [0.25, 0.3) is 0 Å². The van der Waals surface area contributed by atoms with Crippen molar-refractivity contribution in [3.05, 3.63) is 65.2 Å². The Balaban J connectivity index is 2.43. The van der Waals surface area contributed by atoms with Crippen molar-refractivity contribution in [1.29, 1.82) is 0 Å². The van der Waals surface area contributed by atoms with Crippen LogP contribution in [0, 0.1) is 6.92 Å². The standard InChI is InChI=1S/C19H17F6NO3/c1-11-3-5-12(6-4-11)16(2,15(27)28)26-14-9-7-13(8-10-14)17(29,18(20,21)22)19(23,24)25/h3-10,26,29H,1-2H3,(H,27,28). The Hall–Kier alpha value is -2.75. The van der Waals surface area contributed by atoms with Gasteiger partial charge in [0.25, 0.3) is 5.60 Å². The topological polar surface area (TPSA) is 69.6 Å². The number of aryl methyl sites for hydroxylation is 1. The van der Waals surface area contributed by atoms with Crippen molar-refractivity contribution in [2.75, 3.05) is 5.32 Å². The summed E-state index contributed by atoms with van der Waals surface area (Å²) in [6, 6.07) is 8.97. The maximum Gasteiger partial charge on any atom is 0.430 e. The number of aliphatic hydroxyl groups is 1. The van der Waals surface area contributed by atoms with Gasteiger partial charge in [-0.3, -0.25) is 0 Å². The summed E-state index contributed by atoms with van der Waals surface area (Å²) >= 11 is 0. The lowest BCUT2D eigenvalue weighted by atomic mass is 9.90. The Morgan fingerprint density at radius 3 is 1.62 bits per heavy atom. The fourth-order valence-electron chi connectivity index (χ4n) is 2.71. The van der Waals surface area contributed by atoms with Gasteiger partial charge in [0, 0.05) is 11.3 Å². The highest BCUT2D eigenvalue weighted by molar-refractivity contribution is 5.84. The second-order valence-electron chi connectivity index (χ2n) is 6.70. The Morgan fingerprint density at radius 2 is 1.24 bits per heavy atom. The molecule has 10 heteroatoms. The van der Waals surface area contributed by atoms with E-state index in [9.17, 15) is 41.4 Å². The molecule has 0 aromatic heterocycles. The monoisotopic (exact) mass is 421 g/mol. The van der Waals surface area contributed by atoms with Crippen LogP contribution in [0.2, 0.25) is 0 Å². The lowest BCUT2D eigenvalue weighted by Crippen LogP contribution is -2.53. The van der Waals surface area contributed by atoms with E-state index < -0.39 is 35.0 Å². The van der Waals surface area contributed by atoms with E-state index in [0.29, 0.717) is 17.7 Å². The molecule has 29 heavy (non-hydrogen) atoms. The zero-order chi connectivity index (χ0) is 22.3. The summed E-state index contributed by atoms with van der Waals surface area (Å²) in [5, 5.41) is 21.6. The van der Waals surface area contributed by atoms with Crippen LogP contribution >= 0.6 is 0 Å². The molecule has 1 atom stereocenters. The third-order valence-electron chi connectivity index (χ3n) is 4.57. The highest BCUT2D eigenvalue weighted by atomic mass is 19.4. The zero-order valence-electron chi connectivity index (χ0n) is 15.2. The second-order valence-corrected chi connectivity index (χ2v) is 6.70. The van der Waals surface area contributed by atoms with Gasteiger partial charge in [0.2, 0.25) is 0 Å². The third kappa shape index (κ3) is 4.02. The number of anilines is 1. The number of aliphatic carboxylic acids is 1. The molecule has 0 saturated heterocycles. The molecule has 3 N–H and O–H groups in total. The largest absolute Gasteiger partial charge is 0.479 e. The fourth-order valence-corrected chi connectivity index (χ4v) is 2.71. The van der Waals surface area contributed by atoms with E-state index in [1.54, 1.807) is 19.1 Å². The lowest BCUT2D eigenvalue weighted by Gasteiger charge is -2.33. The SMILES string of the molecule is Cc1ccc(C(C)(Nc2ccc(C(O)(C(F)(F)F)C(F)(F)F)cc2)C(=O)O)cc1. The molecule has 2 rings (SSSR count). The minimum absolute atomic E-state index is 0.0501. The number of alkyl halides is 6. The van der Waals surface area contributed by atoms with Crippen molar-refractivity contribution in [1.82, 2.24) is 0 Å². The van der Waals surface area contributed by atoms with E-state index in [1.807, 2.05) is 0 Å². The van der Waals surface area contributed by atoms with Crippen LogP contribution in [-0.4, -0.2) is 28.5 Å². The van der Waals surface area contributed by atoms with Crippen LogP contribution in [0.5, 0.6) is 0 Å². The van der Waals surface area contributed by atoms with Gasteiger partial charge in [-0.05, 0) is 31.5 Å². The Labute approximate surface area is 161 Å². The highest BCUT2D eigenvalue weighted by Gasteiger charge is 2.71. The molecule has 0 fully saturated rings. The number of carboxylic acids is 1. The summed E-state index contributed by atoms with van der Waals surface area (Å²) in [6.45, 7) is 3.09. The van der Waals surface area contributed by atoms with Crippen molar-refractivity contribution in [2.45, 2.75) is 37.3 Å². The predicted molar refractivity (Wildman–Crippen MR) is 92.2 cm³/mol. The Kier molecular flexibility index (Phi) is 5.64. The number of nitrogens with one attached hydrogen (secondary N) is 1. The number of carboxylic acid groups (broad SMARTS) is 1. The number of benzene rings is 2. The summed E-state index contributed by atoms with van der Waals surface area (Å²) < 4.78 is 77.7. The van der Waals surface area contributed by atoms with Crippen molar-refractivity contribution in [2.24, 2.45) is 0 Å². The van der Waals surface area contributed by atoms with Crippen LogP contribution < -0.4 is 5.32 Å². The van der Waals surface area contributed by atoms with Crippen molar-refractivity contribution in [3.63, 3.8) is 0 Å². The maximum atomic E-state index is 13.0. The van der Waals surface area contributed by atoms with E-state index in [-0.39, 0.29) is 5.69 Å². The third-order valence-corrected chi connectivity index (χ3v) is 4.57. The average Bonchev–Trinajstić information content (AvgIpc) is 2.60. The number of carbonyl (C=O) groups is 1. The van der Waals surface area contributed by atoms with Crippen molar-refractivity contribution in [3.8, 4) is 0 Å². The first kappa shape index (κ1) is 22.5. The number of rotatable bonds is 5. The Bertz CT molecular complexity index is 861. The highest BCUT2D eigenvalue weighted by Crippen LogP contribution is 2.50. The molecule has 0 aliphatic heterocycles. The number of halogens is 6. The molecule has 0 amide bonds. The molecule has 0 radical (unpaired) electrons. The fraction of sp³-hybridized carbons (Fsp3) is 0.316. The van der Waals surface area contributed by atoms with Gasteiger partial charge in [0.05, 0.1) is 0 Å². The summed E-state index contributed by atoms with van der Waals surface area (Å²) in [4.78, 5) is 11.8. The first-order valence-corrected chi connectivity index (χ1v) is 8.18. The van der Waals surface area contributed by atoms with Gasteiger partial charge < -0.3 is 15.5 Å². The normalized spacial score (nSPS) is 14.9. The molecule has 0 saturated carbocycles. The van der Waals surface area contributed by atoms with E-state index in [1.165, 1.54) is 19.1 Å². The molecule has 0 bridgehead atoms. The molecular formula is C19H17F6NO3. The molecule has 2 aromatic carbocycles. The van der Waals surface area contributed by atoms with Crippen LogP contribution in [-0.2, 0) is 15.9 Å². The van der Waals surface area contributed by atoms with Gasteiger partial charge in [-0.2, -0.15) is 26.3 Å². The minimum Gasteiger partial charge on any atom is -0.479 e. The Morgan fingerprint density at radius 1 is 0.828 bits per heavy atom. The predicted octanol–water partition coefficient (Wildman–Crippen LogP) is 4.72. The lowest BCUT2D eigenvalue weighted by molar-refractivity contribution is -0.376. The smallest absolute Gasteiger partial charge is 0.430 e. The van der Waals surface area contributed by atoms with E-state index in [0.717, 1.165) is 17.7 Å².